The molecule has 0 heterocycles. The molecule has 0 aliphatic rings. The summed E-state index contributed by atoms with van der Waals surface area (Å²) in [5, 5.41) is 69.1. The van der Waals surface area contributed by atoms with Crippen LogP contribution in [0.1, 0.15) is 227 Å². The molecule has 0 aromatic heterocycles. The predicted octanol–water partition coefficient (Wildman–Crippen LogP) is 14.1. The van der Waals surface area contributed by atoms with Crippen LogP contribution >= 0.6 is 0 Å². The third-order valence-corrected chi connectivity index (χ3v) is 21.7. The molecule has 12 aromatic rings. The van der Waals surface area contributed by atoms with Crippen LogP contribution in [0, 0.1) is 23.3 Å². The predicted molar refractivity (Wildman–Crippen MR) is 492 cm³/mol. The van der Waals surface area contributed by atoms with E-state index in [9.17, 15) is 111 Å². The third kappa shape index (κ3) is 32.5. The molecule has 12 rings (SSSR count). The maximum absolute atomic E-state index is 13.9. The molecule has 138 heavy (non-hydrogen) atoms. The molecule has 12 N–H and O–H groups in total. The number of benzene rings is 12. The van der Waals surface area contributed by atoms with Gasteiger partial charge in [-0.25, -0.2) is 63.2 Å². The van der Waals surface area contributed by atoms with Crippen molar-refractivity contribution >= 4 is 114 Å². The van der Waals surface area contributed by atoms with E-state index in [4.69, 9.17) is 30.6 Å². The van der Waals surface area contributed by atoms with E-state index in [1.54, 1.807) is 109 Å². The van der Waals surface area contributed by atoms with Crippen molar-refractivity contribution in [1.29, 1.82) is 0 Å². The lowest BCUT2D eigenvalue weighted by molar-refractivity contribution is 0.0682. The van der Waals surface area contributed by atoms with Crippen molar-refractivity contribution in [2.24, 2.45) is 0 Å². The summed E-state index contributed by atoms with van der Waals surface area (Å²) in [4.78, 5) is 184. The molecule has 0 bridgehead atoms. The molecule has 6 amide bonds. The number of ketones is 4. The second kappa shape index (κ2) is 50.4. The van der Waals surface area contributed by atoms with Gasteiger partial charge in [-0.05, 0) is 201 Å². The summed E-state index contributed by atoms with van der Waals surface area (Å²) in [6.07, 6.45) is 2.24. The standard InChI is InChI=1S/4C17H14FNO4.2C16H15NO5S/c1-10(20)15-8-13(18)6-7-14(15)16(21)19-9-11-2-4-12(5-3-11)17(22)23;1-10(20)12-4-2-11(3-5-12)9-19-16(21)15-8-13(18)6-7-14(15)17(22)23;1-10(20)15-13(3-2-4-14(15)18)16(21)19-9-11-5-7-12(8-6-11)17(22)23;1-10(20)13-3-2-4-14(18)15(13)16(21)19-9-11-5-7-12(8-6-11)17(22)23;2*1-23(21,22)12-8-6-11(7-9-12)10-17-15(18)13-4-2-3-5-14(13)16(19)20/h4*2-8H,9H2,1H3,(H,19,21)(H,22,23);2*2-9H,10H2,1H3,(H,17,18)(H,19,20). The van der Waals surface area contributed by atoms with Crippen molar-refractivity contribution < 1.29 is 142 Å². The van der Waals surface area contributed by atoms with E-state index in [1.165, 1.54) is 143 Å². The molecule has 0 fully saturated rings. The van der Waals surface area contributed by atoms with Crippen LogP contribution in [0.15, 0.2) is 277 Å². The Hall–Kier alpha value is -17.4. The molecule has 0 unspecified atom stereocenters. The highest BCUT2D eigenvalue weighted by molar-refractivity contribution is 7.91. The van der Waals surface area contributed by atoms with E-state index >= 15 is 0 Å². The molecule has 0 aliphatic heterocycles. The van der Waals surface area contributed by atoms with Gasteiger partial charge in [0, 0.05) is 68.5 Å². The normalized spacial score (nSPS) is 10.4. The first kappa shape index (κ1) is 108. The van der Waals surface area contributed by atoms with Gasteiger partial charge in [0.25, 0.3) is 35.4 Å². The zero-order chi connectivity index (χ0) is 102. The van der Waals surface area contributed by atoms with Gasteiger partial charge >= 0.3 is 35.8 Å². The lowest BCUT2D eigenvalue weighted by Crippen LogP contribution is -2.26. The van der Waals surface area contributed by atoms with Crippen molar-refractivity contribution in [2.75, 3.05) is 12.5 Å². The Morgan fingerprint density at radius 1 is 0.232 bits per heavy atom. The van der Waals surface area contributed by atoms with Crippen molar-refractivity contribution in [1.82, 2.24) is 31.9 Å². The van der Waals surface area contributed by atoms with Crippen LogP contribution in [-0.2, 0) is 58.9 Å². The fourth-order valence-electron chi connectivity index (χ4n) is 12.3. The second-order valence-electron chi connectivity index (χ2n) is 29.6. The van der Waals surface area contributed by atoms with E-state index in [1.807, 2.05) is 0 Å². The summed E-state index contributed by atoms with van der Waals surface area (Å²) in [6, 6.07) is 62.7. The van der Waals surface area contributed by atoms with Crippen LogP contribution in [0.4, 0.5) is 17.6 Å². The lowest BCUT2D eigenvalue weighted by atomic mass is 10.0. The number of rotatable bonds is 30. The largest absolute Gasteiger partial charge is 0.478 e. The Kier molecular flexibility index (Phi) is 39.3. The summed E-state index contributed by atoms with van der Waals surface area (Å²) in [5.74, 6) is -14.4. The van der Waals surface area contributed by atoms with Crippen LogP contribution in [0.5, 0.6) is 0 Å². The average Bonchev–Trinajstić information content (AvgIpc) is 0.827. The Morgan fingerprint density at radius 2 is 0.478 bits per heavy atom. The Labute approximate surface area is 785 Å². The summed E-state index contributed by atoms with van der Waals surface area (Å²) in [5.41, 5.74) is 4.25. The second-order valence-corrected chi connectivity index (χ2v) is 33.6. The molecule has 0 saturated heterocycles. The maximum atomic E-state index is 13.9. The first-order chi connectivity index (χ1) is 65.1. The number of carboxylic acid groups (broad SMARTS) is 6. The molecule has 0 saturated carbocycles. The first-order valence-electron chi connectivity index (χ1n) is 40.5. The van der Waals surface area contributed by atoms with Crippen LogP contribution in [0.25, 0.3) is 0 Å². The van der Waals surface area contributed by atoms with Crippen molar-refractivity contribution in [3.63, 3.8) is 0 Å². The van der Waals surface area contributed by atoms with E-state index in [-0.39, 0.29) is 138 Å². The van der Waals surface area contributed by atoms with Gasteiger partial charge in [-0.1, -0.05) is 127 Å². The number of carbonyl (C=O) groups excluding carboxylic acids is 10. The number of halogens is 4. The van der Waals surface area contributed by atoms with Gasteiger partial charge in [0.1, 0.15) is 23.3 Å². The van der Waals surface area contributed by atoms with Gasteiger partial charge < -0.3 is 62.5 Å². The lowest BCUT2D eigenvalue weighted by Gasteiger charge is -2.09. The minimum absolute atomic E-state index is 0.0173. The quantitative estimate of drug-likeness (QED) is 0.0147. The zero-order valence-corrected chi connectivity index (χ0v) is 75.5. The number of Topliss-reactive ketones (excluding diaryl/α,β-unsaturated/α-hetero) is 4. The highest BCUT2D eigenvalue weighted by atomic mass is 32.2. The number of nitrogens with one attached hydrogen (secondary N) is 6. The Bertz CT molecular complexity index is 6660. The molecule has 0 atom stereocenters. The minimum atomic E-state index is -3.26. The fraction of sp³-hybridized carbons (Fsp3) is 0.120. The van der Waals surface area contributed by atoms with Crippen LogP contribution in [0.3, 0.4) is 0 Å². The monoisotopic (exact) mass is 1930 g/mol. The number of amides is 6. The molecule has 38 heteroatoms. The van der Waals surface area contributed by atoms with E-state index in [0.29, 0.717) is 33.4 Å². The molecular weight excluding hydrogens is 1840 g/mol. The molecule has 0 spiro atoms. The highest BCUT2D eigenvalue weighted by Crippen LogP contribution is 2.22. The van der Waals surface area contributed by atoms with Crippen molar-refractivity contribution in [3.8, 4) is 0 Å². The number of sulfone groups is 2. The fourth-order valence-corrected chi connectivity index (χ4v) is 13.5. The van der Waals surface area contributed by atoms with Gasteiger partial charge in [0.2, 0.25) is 0 Å². The maximum Gasteiger partial charge on any atom is 0.336 e. The number of carbonyl (C=O) groups is 16. The topological polar surface area (TPSA) is 535 Å². The van der Waals surface area contributed by atoms with E-state index in [2.05, 4.69) is 31.9 Å². The summed E-state index contributed by atoms with van der Waals surface area (Å²) < 4.78 is 99.5. The van der Waals surface area contributed by atoms with E-state index in [0.717, 1.165) is 60.5 Å². The summed E-state index contributed by atoms with van der Waals surface area (Å²) in [7, 11) is -6.52. The summed E-state index contributed by atoms with van der Waals surface area (Å²) in [6.45, 7) is 6.01. The highest BCUT2D eigenvalue weighted by Gasteiger charge is 2.25. The molecule has 32 nitrogen and oxygen atoms in total. The number of hydrogen-bond donors (Lipinski definition) is 12. The van der Waals surface area contributed by atoms with Gasteiger partial charge in [0.05, 0.1) is 82.1 Å². The Balaban J connectivity index is 0.000000225. The van der Waals surface area contributed by atoms with Gasteiger partial charge in [-0.2, -0.15) is 0 Å². The van der Waals surface area contributed by atoms with Crippen LogP contribution in [0.2, 0.25) is 0 Å². The van der Waals surface area contributed by atoms with Gasteiger partial charge in [-0.15, -0.1) is 0 Å². The van der Waals surface area contributed by atoms with Gasteiger partial charge in [-0.3, -0.25) is 47.9 Å². The SMILES string of the molecule is CC(=O)c1c(F)cccc1C(=O)NCc1ccc(C(=O)O)cc1.CC(=O)c1cc(F)ccc1C(=O)NCc1ccc(C(=O)O)cc1.CC(=O)c1ccc(CNC(=O)c2cc(F)ccc2C(=O)O)cc1.CC(=O)c1cccc(F)c1C(=O)NCc1ccc(C(=O)O)cc1.CS(=O)(=O)c1ccc(CNC(=O)c2ccccc2C(=O)O)cc1.CS(=O)(=O)c1ccc(CNC(=O)c2ccccc2C(=O)O)cc1. The average molecular weight is 1930 g/mol. The molecular formula is C100H86F4N6O26S2. The molecule has 0 radical (unpaired) electrons. The van der Waals surface area contributed by atoms with E-state index < -0.39 is 132 Å². The number of carboxylic acids is 6. The number of aromatic carboxylic acids is 6. The van der Waals surface area contributed by atoms with Crippen LogP contribution < -0.4 is 31.9 Å². The molecule has 12 aromatic carbocycles. The van der Waals surface area contributed by atoms with Gasteiger partial charge in [0.15, 0.2) is 42.8 Å². The molecule has 712 valence electrons. The third-order valence-electron chi connectivity index (χ3n) is 19.5. The van der Waals surface area contributed by atoms with Crippen LogP contribution in [-0.4, -0.2) is 154 Å². The first-order valence-corrected chi connectivity index (χ1v) is 44.3. The van der Waals surface area contributed by atoms with Crippen molar-refractivity contribution in [2.45, 2.75) is 76.8 Å². The van der Waals surface area contributed by atoms with Crippen molar-refractivity contribution in [3.05, 3.63) is 413 Å². The summed E-state index contributed by atoms with van der Waals surface area (Å²) >= 11 is 0. The minimum Gasteiger partial charge on any atom is -0.478 e. The Morgan fingerprint density at radius 3 is 0.775 bits per heavy atom. The number of hydrogen-bond acceptors (Lipinski definition) is 20. The zero-order valence-electron chi connectivity index (χ0n) is 73.8. The molecule has 0 aliphatic carbocycles. The smallest absolute Gasteiger partial charge is 0.336 e.